The molecule has 1 saturated heterocycles. The third-order valence-electron chi connectivity index (χ3n) is 2.80. The first-order valence-electron chi connectivity index (χ1n) is 4.69. The maximum Gasteiger partial charge on any atom is 0.321 e. The molecule has 0 unspecified atom stereocenters. The van der Waals surface area contributed by atoms with Crippen LogP contribution in [0.3, 0.4) is 0 Å². The molecule has 14 heavy (non-hydrogen) atoms. The Labute approximate surface area is 81.9 Å². The largest absolute Gasteiger partial charge is 0.468 e. The average Bonchev–Trinajstić information content (AvgIpc) is 2.53. The summed E-state index contributed by atoms with van der Waals surface area (Å²) in [7, 11) is 1.29. The maximum absolute atomic E-state index is 11.4. The second-order valence-corrected chi connectivity index (χ2v) is 3.57. The van der Waals surface area contributed by atoms with E-state index < -0.39 is 17.9 Å². The topological polar surface area (TPSA) is 52.6 Å². The highest BCUT2D eigenvalue weighted by atomic mass is 16.6. The van der Waals surface area contributed by atoms with Gasteiger partial charge in [0.1, 0.15) is 6.10 Å². The zero-order valence-electron chi connectivity index (χ0n) is 7.93. The van der Waals surface area contributed by atoms with Crippen LogP contribution in [-0.2, 0) is 19.1 Å². The van der Waals surface area contributed by atoms with Crippen molar-refractivity contribution < 1.29 is 19.1 Å². The van der Waals surface area contributed by atoms with Gasteiger partial charge in [-0.05, 0) is 18.9 Å². The third kappa shape index (κ3) is 1.31. The fourth-order valence-corrected chi connectivity index (χ4v) is 2.09. The molecule has 0 aromatic heterocycles. The first kappa shape index (κ1) is 9.24. The second kappa shape index (κ2) is 3.44. The second-order valence-electron chi connectivity index (χ2n) is 3.57. The SMILES string of the molecule is COC(=O)[C@H]1C(=O)O[C@@H]2C=CCC[C@H]12. The molecule has 2 rings (SSSR count). The highest BCUT2D eigenvalue weighted by Gasteiger charge is 2.48. The average molecular weight is 196 g/mol. The van der Waals surface area contributed by atoms with Gasteiger partial charge in [-0.2, -0.15) is 0 Å². The first-order chi connectivity index (χ1) is 6.74. The van der Waals surface area contributed by atoms with Crippen molar-refractivity contribution >= 4 is 11.9 Å². The minimum atomic E-state index is -0.713. The predicted molar refractivity (Wildman–Crippen MR) is 47.3 cm³/mol. The van der Waals surface area contributed by atoms with Crippen molar-refractivity contribution in [3.63, 3.8) is 0 Å². The quantitative estimate of drug-likeness (QED) is 0.351. The van der Waals surface area contributed by atoms with E-state index in [4.69, 9.17) is 4.74 Å². The summed E-state index contributed by atoms with van der Waals surface area (Å²) >= 11 is 0. The molecule has 0 aromatic carbocycles. The lowest BCUT2D eigenvalue weighted by Gasteiger charge is -2.19. The molecule has 4 nitrogen and oxygen atoms in total. The lowest BCUT2D eigenvalue weighted by atomic mass is 9.83. The molecule has 0 saturated carbocycles. The highest BCUT2D eigenvalue weighted by Crippen LogP contribution is 2.36. The molecule has 76 valence electrons. The minimum Gasteiger partial charge on any atom is -0.468 e. The number of ether oxygens (including phenoxy) is 2. The van der Waals surface area contributed by atoms with Gasteiger partial charge in [-0.15, -0.1) is 0 Å². The van der Waals surface area contributed by atoms with Crippen LogP contribution in [0.2, 0.25) is 0 Å². The molecule has 1 fully saturated rings. The molecule has 4 heteroatoms. The Morgan fingerprint density at radius 2 is 2.43 bits per heavy atom. The number of allylic oxidation sites excluding steroid dienone is 1. The summed E-state index contributed by atoms with van der Waals surface area (Å²) in [5.74, 6) is -1.66. The van der Waals surface area contributed by atoms with E-state index in [1.165, 1.54) is 7.11 Å². The molecule has 1 aliphatic heterocycles. The van der Waals surface area contributed by atoms with Crippen LogP contribution in [0.25, 0.3) is 0 Å². The Balaban J connectivity index is 2.21. The fraction of sp³-hybridized carbons (Fsp3) is 0.600. The van der Waals surface area contributed by atoms with Gasteiger partial charge < -0.3 is 9.47 Å². The van der Waals surface area contributed by atoms with Crippen LogP contribution in [0, 0.1) is 11.8 Å². The molecule has 2 aliphatic rings. The molecule has 0 bridgehead atoms. The van der Waals surface area contributed by atoms with Crippen LogP contribution < -0.4 is 0 Å². The number of esters is 2. The molecule has 0 amide bonds. The lowest BCUT2D eigenvalue weighted by molar-refractivity contribution is -0.155. The van der Waals surface area contributed by atoms with Gasteiger partial charge in [-0.1, -0.05) is 6.08 Å². The van der Waals surface area contributed by atoms with Crippen molar-refractivity contribution in [2.45, 2.75) is 18.9 Å². The molecule has 1 heterocycles. The number of hydrogen-bond donors (Lipinski definition) is 0. The minimum absolute atomic E-state index is 0.0278. The smallest absolute Gasteiger partial charge is 0.321 e. The number of fused-ring (bicyclic) bond motifs is 1. The van der Waals surface area contributed by atoms with Gasteiger partial charge in [-0.3, -0.25) is 9.59 Å². The van der Waals surface area contributed by atoms with Crippen molar-refractivity contribution in [2.24, 2.45) is 11.8 Å². The van der Waals surface area contributed by atoms with Crippen LogP contribution in [0.1, 0.15) is 12.8 Å². The Morgan fingerprint density at radius 1 is 1.64 bits per heavy atom. The van der Waals surface area contributed by atoms with Crippen LogP contribution in [0.15, 0.2) is 12.2 Å². The summed E-state index contributed by atoms with van der Waals surface area (Å²) in [6.45, 7) is 0. The van der Waals surface area contributed by atoms with Crippen molar-refractivity contribution in [3.05, 3.63) is 12.2 Å². The summed E-state index contributed by atoms with van der Waals surface area (Å²) in [5.41, 5.74) is 0. The number of carbonyl (C=O) groups excluding carboxylic acids is 2. The third-order valence-corrected chi connectivity index (χ3v) is 2.80. The van der Waals surface area contributed by atoms with E-state index >= 15 is 0 Å². The van der Waals surface area contributed by atoms with E-state index in [2.05, 4.69) is 4.74 Å². The van der Waals surface area contributed by atoms with E-state index in [1.54, 1.807) is 0 Å². The Morgan fingerprint density at radius 3 is 3.14 bits per heavy atom. The van der Waals surface area contributed by atoms with Crippen LogP contribution in [-0.4, -0.2) is 25.2 Å². The molecule has 0 radical (unpaired) electrons. The predicted octanol–water partition coefficient (Wildman–Crippen LogP) is 0.667. The summed E-state index contributed by atoms with van der Waals surface area (Å²) in [5, 5.41) is 0. The van der Waals surface area contributed by atoms with E-state index in [1.807, 2.05) is 12.2 Å². The van der Waals surface area contributed by atoms with Crippen molar-refractivity contribution in [2.75, 3.05) is 7.11 Å². The number of methoxy groups -OCH3 is 1. The van der Waals surface area contributed by atoms with Crippen LogP contribution in [0.5, 0.6) is 0 Å². The summed E-state index contributed by atoms with van der Waals surface area (Å²) in [6, 6.07) is 0. The van der Waals surface area contributed by atoms with Gasteiger partial charge in [0.15, 0.2) is 5.92 Å². The highest BCUT2D eigenvalue weighted by molar-refractivity contribution is 5.96. The van der Waals surface area contributed by atoms with E-state index in [0.29, 0.717) is 0 Å². The standard InChI is InChI=1S/C10H12O4/c1-13-9(11)8-6-4-2-3-5-7(6)14-10(8)12/h3,5-8H,2,4H2,1H3/t6-,7+,8-/m0/s1. The molecule has 0 N–H and O–H groups in total. The van der Waals surface area contributed by atoms with Gasteiger partial charge >= 0.3 is 11.9 Å². The summed E-state index contributed by atoms with van der Waals surface area (Å²) < 4.78 is 9.66. The number of carbonyl (C=O) groups is 2. The van der Waals surface area contributed by atoms with Crippen molar-refractivity contribution in [1.29, 1.82) is 0 Å². The zero-order chi connectivity index (χ0) is 10.1. The Hall–Kier alpha value is -1.32. The molecule has 1 aliphatic carbocycles. The van der Waals surface area contributed by atoms with Gasteiger partial charge in [0.25, 0.3) is 0 Å². The molecule has 0 aromatic rings. The molecular formula is C10H12O4. The Bertz CT molecular complexity index is 294. The van der Waals surface area contributed by atoms with Crippen molar-refractivity contribution in [3.8, 4) is 0 Å². The molecule has 0 spiro atoms. The maximum atomic E-state index is 11.4. The van der Waals surface area contributed by atoms with Gasteiger partial charge in [-0.25, -0.2) is 0 Å². The van der Waals surface area contributed by atoms with Crippen LogP contribution in [0.4, 0.5) is 0 Å². The normalized spacial score (nSPS) is 34.9. The number of hydrogen-bond acceptors (Lipinski definition) is 4. The van der Waals surface area contributed by atoms with Crippen molar-refractivity contribution in [1.82, 2.24) is 0 Å². The Kier molecular flexibility index (Phi) is 2.27. The van der Waals surface area contributed by atoms with Crippen LogP contribution >= 0.6 is 0 Å². The fourth-order valence-electron chi connectivity index (χ4n) is 2.09. The summed E-state index contributed by atoms with van der Waals surface area (Å²) in [6.07, 6.45) is 5.32. The van der Waals surface area contributed by atoms with E-state index in [0.717, 1.165) is 12.8 Å². The molecular weight excluding hydrogens is 184 g/mol. The lowest BCUT2D eigenvalue weighted by Crippen LogP contribution is -2.29. The van der Waals surface area contributed by atoms with E-state index in [-0.39, 0.29) is 12.0 Å². The first-order valence-corrected chi connectivity index (χ1v) is 4.69. The van der Waals surface area contributed by atoms with Gasteiger partial charge in [0.05, 0.1) is 7.11 Å². The molecule has 3 atom stereocenters. The van der Waals surface area contributed by atoms with E-state index in [9.17, 15) is 9.59 Å². The summed E-state index contributed by atoms with van der Waals surface area (Å²) in [4.78, 5) is 22.7. The van der Waals surface area contributed by atoms with Gasteiger partial charge in [0.2, 0.25) is 0 Å². The van der Waals surface area contributed by atoms with Gasteiger partial charge in [0, 0.05) is 5.92 Å². The zero-order valence-corrected chi connectivity index (χ0v) is 7.93. The number of rotatable bonds is 1. The monoisotopic (exact) mass is 196 g/mol.